The molecule has 8 nitrogen and oxygen atoms in total. The van der Waals surface area contributed by atoms with Crippen LogP contribution in [0, 0.1) is 5.41 Å². The summed E-state index contributed by atoms with van der Waals surface area (Å²) in [5.74, 6) is 0.757. The number of aromatic amines is 1. The average molecular weight is 491 g/mol. The van der Waals surface area contributed by atoms with Crippen molar-refractivity contribution in [2.24, 2.45) is 5.41 Å². The molecule has 8 heteroatoms. The SMILES string of the molecule is CC(C)(C)C1=CC(n2c(=O)[nH]n(-c3ccc(OCCN4CCOCC4)c4ccccc34)c2=O)CC=C1. The molecule has 1 aliphatic carbocycles. The molecule has 0 bridgehead atoms. The molecule has 1 aliphatic heterocycles. The molecule has 3 aromatic rings. The number of nitrogens with zero attached hydrogens (tertiary/aromatic N) is 3. The van der Waals surface area contributed by atoms with E-state index in [-0.39, 0.29) is 17.1 Å². The number of fused-ring (bicyclic) bond motifs is 1. The van der Waals surface area contributed by atoms with Crippen LogP contribution in [0.15, 0.2) is 69.8 Å². The summed E-state index contributed by atoms with van der Waals surface area (Å²) >= 11 is 0. The molecule has 1 atom stereocenters. The fraction of sp³-hybridized carbons (Fsp3) is 0.429. The van der Waals surface area contributed by atoms with E-state index in [0.717, 1.165) is 54.9 Å². The highest BCUT2D eigenvalue weighted by atomic mass is 16.5. The van der Waals surface area contributed by atoms with Crippen LogP contribution in [0.2, 0.25) is 0 Å². The summed E-state index contributed by atoms with van der Waals surface area (Å²) in [6, 6.07) is 11.2. The van der Waals surface area contributed by atoms with E-state index in [4.69, 9.17) is 9.47 Å². The van der Waals surface area contributed by atoms with Crippen molar-refractivity contribution in [1.29, 1.82) is 0 Å². The van der Waals surface area contributed by atoms with Crippen LogP contribution in [0.5, 0.6) is 5.75 Å². The molecule has 2 aromatic carbocycles. The van der Waals surface area contributed by atoms with Crippen LogP contribution in [0.1, 0.15) is 33.2 Å². The zero-order chi connectivity index (χ0) is 25.3. The highest BCUT2D eigenvalue weighted by Gasteiger charge is 2.24. The van der Waals surface area contributed by atoms with Crippen molar-refractivity contribution < 1.29 is 9.47 Å². The van der Waals surface area contributed by atoms with Gasteiger partial charge in [-0.05, 0) is 29.5 Å². The Morgan fingerprint density at radius 2 is 1.81 bits per heavy atom. The number of aromatic nitrogens is 3. The number of H-pyrrole nitrogens is 1. The van der Waals surface area contributed by atoms with Gasteiger partial charge in [0.1, 0.15) is 12.4 Å². The van der Waals surface area contributed by atoms with Crippen molar-refractivity contribution in [1.82, 2.24) is 19.2 Å². The van der Waals surface area contributed by atoms with Gasteiger partial charge in [-0.2, -0.15) is 0 Å². The third kappa shape index (κ3) is 4.83. The lowest BCUT2D eigenvalue weighted by molar-refractivity contribution is 0.0323. The molecule has 1 fully saturated rings. The Bertz CT molecular complexity index is 1410. The van der Waals surface area contributed by atoms with E-state index in [0.29, 0.717) is 18.7 Å². The lowest BCUT2D eigenvalue weighted by Crippen LogP contribution is -2.38. The maximum atomic E-state index is 13.5. The Balaban J connectivity index is 1.46. The summed E-state index contributed by atoms with van der Waals surface area (Å²) < 4.78 is 14.2. The van der Waals surface area contributed by atoms with Gasteiger partial charge < -0.3 is 9.47 Å². The molecule has 1 saturated heterocycles. The third-order valence-electron chi connectivity index (χ3n) is 6.94. The molecule has 1 aromatic heterocycles. The van der Waals surface area contributed by atoms with Crippen molar-refractivity contribution >= 4 is 10.8 Å². The summed E-state index contributed by atoms with van der Waals surface area (Å²) in [5.41, 5.74) is 0.873. The summed E-state index contributed by atoms with van der Waals surface area (Å²) in [5, 5.41) is 4.51. The first-order valence-electron chi connectivity index (χ1n) is 12.6. The van der Waals surface area contributed by atoms with Gasteiger partial charge in [-0.15, -0.1) is 0 Å². The molecule has 2 aliphatic rings. The van der Waals surface area contributed by atoms with Crippen molar-refractivity contribution in [2.75, 3.05) is 39.5 Å². The van der Waals surface area contributed by atoms with Gasteiger partial charge in [-0.3, -0.25) is 4.90 Å². The molecule has 2 heterocycles. The second-order valence-corrected chi connectivity index (χ2v) is 10.4. The normalized spacial score (nSPS) is 19.0. The zero-order valence-corrected chi connectivity index (χ0v) is 21.2. The Morgan fingerprint density at radius 3 is 2.56 bits per heavy atom. The summed E-state index contributed by atoms with van der Waals surface area (Å²) in [7, 11) is 0. The second-order valence-electron chi connectivity index (χ2n) is 10.4. The molecular weight excluding hydrogens is 456 g/mol. The minimum atomic E-state index is -0.417. The van der Waals surface area contributed by atoms with Crippen LogP contribution in [0.25, 0.3) is 16.5 Å². The summed E-state index contributed by atoms with van der Waals surface area (Å²) in [4.78, 5) is 28.8. The predicted octanol–water partition coefficient (Wildman–Crippen LogP) is 3.67. The molecule has 36 heavy (non-hydrogen) atoms. The highest BCUT2D eigenvalue weighted by Crippen LogP contribution is 2.33. The Kier molecular flexibility index (Phi) is 6.73. The standard InChI is InChI=1S/C28H34N4O4/c1-28(2,3)20-7-6-8-21(19-20)31-26(33)29-32(27(31)34)24-11-12-25(23-10-5-4-9-22(23)24)36-18-15-30-13-16-35-17-14-30/h4-7,9-12,19,21H,8,13-18H2,1-3H3,(H,29,33). The molecule has 1 unspecified atom stereocenters. The van der Waals surface area contributed by atoms with Crippen LogP contribution in [0.3, 0.4) is 0 Å². The number of rotatable bonds is 6. The quantitative estimate of drug-likeness (QED) is 0.570. The summed E-state index contributed by atoms with van der Waals surface area (Å²) in [6.07, 6.45) is 6.75. The Morgan fingerprint density at radius 1 is 1.06 bits per heavy atom. The molecule has 0 radical (unpaired) electrons. The number of allylic oxidation sites excluding steroid dienone is 4. The Labute approximate surface area is 210 Å². The van der Waals surface area contributed by atoms with E-state index >= 15 is 0 Å². The lowest BCUT2D eigenvalue weighted by Gasteiger charge is -2.26. The van der Waals surface area contributed by atoms with Crippen molar-refractivity contribution in [3.05, 3.63) is 81.2 Å². The first kappa shape index (κ1) is 24.3. The van der Waals surface area contributed by atoms with Crippen LogP contribution in [-0.2, 0) is 4.74 Å². The van der Waals surface area contributed by atoms with E-state index in [1.54, 1.807) is 0 Å². The Hall–Kier alpha value is -3.36. The minimum absolute atomic E-state index is 0.0675. The van der Waals surface area contributed by atoms with Crippen LogP contribution < -0.4 is 16.1 Å². The van der Waals surface area contributed by atoms with Crippen molar-refractivity contribution in [3.8, 4) is 11.4 Å². The predicted molar refractivity (Wildman–Crippen MR) is 141 cm³/mol. The van der Waals surface area contributed by atoms with E-state index in [9.17, 15) is 9.59 Å². The number of hydrogen-bond acceptors (Lipinski definition) is 5. The highest BCUT2D eigenvalue weighted by molar-refractivity contribution is 5.94. The number of benzene rings is 2. The van der Waals surface area contributed by atoms with Gasteiger partial charge in [-0.25, -0.2) is 23.9 Å². The fourth-order valence-corrected chi connectivity index (χ4v) is 4.88. The zero-order valence-electron chi connectivity index (χ0n) is 21.2. The van der Waals surface area contributed by atoms with Gasteiger partial charge in [0, 0.05) is 30.4 Å². The third-order valence-corrected chi connectivity index (χ3v) is 6.94. The van der Waals surface area contributed by atoms with Crippen molar-refractivity contribution in [2.45, 2.75) is 33.2 Å². The molecule has 5 rings (SSSR count). The first-order valence-corrected chi connectivity index (χ1v) is 12.6. The topological polar surface area (TPSA) is 81.5 Å². The lowest BCUT2D eigenvalue weighted by atomic mass is 9.82. The maximum absolute atomic E-state index is 13.5. The first-order chi connectivity index (χ1) is 17.3. The van der Waals surface area contributed by atoms with Gasteiger partial charge >= 0.3 is 11.4 Å². The number of nitrogens with one attached hydrogen (secondary N) is 1. The summed E-state index contributed by atoms with van der Waals surface area (Å²) in [6.45, 7) is 11.1. The average Bonchev–Trinajstić information content (AvgIpc) is 3.17. The van der Waals surface area contributed by atoms with Gasteiger partial charge in [0.25, 0.3) is 0 Å². The number of ether oxygens (including phenoxy) is 2. The van der Waals surface area contributed by atoms with Crippen molar-refractivity contribution in [3.63, 3.8) is 0 Å². The van der Waals surface area contributed by atoms with Crippen LogP contribution in [-0.4, -0.2) is 58.7 Å². The smallest absolute Gasteiger partial charge is 0.352 e. The molecule has 1 N–H and O–H groups in total. The largest absolute Gasteiger partial charge is 0.492 e. The number of morpholine rings is 1. The maximum Gasteiger partial charge on any atom is 0.352 e. The van der Waals surface area contributed by atoms with Crippen LogP contribution in [0.4, 0.5) is 0 Å². The molecule has 0 amide bonds. The monoisotopic (exact) mass is 490 g/mol. The minimum Gasteiger partial charge on any atom is -0.492 e. The van der Waals surface area contributed by atoms with E-state index < -0.39 is 5.69 Å². The van der Waals surface area contributed by atoms with E-state index in [2.05, 4.69) is 36.8 Å². The second kappa shape index (κ2) is 9.95. The van der Waals surface area contributed by atoms with E-state index in [1.165, 1.54) is 9.25 Å². The molecule has 0 spiro atoms. The van der Waals surface area contributed by atoms with Crippen LogP contribution >= 0.6 is 0 Å². The molecule has 190 valence electrons. The van der Waals surface area contributed by atoms with Gasteiger partial charge in [0.15, 0.2) is 0 Å². The molecular formula is C28H34N4O4. The molecule has 0 saturated carbocycles. The fourth-order valence-electron chi connectivity index (χ4n) is 4.88. The number of hydrogen-bond donors (Lipinski definition) is 1. The van der Waals surface area contributed by atoms with E-state index in [1.807, 2.05) is 48.6 Å². The van der Waals surface area contributed by atoms with Gasteiger partial charge in [-0.1, -0.05) is 63.3 Å². The van der Waals surface area contributed by atoms with Gasteiger partial charge in [0.2, 0.25) is 0 Å². The van der Waals surface area contributed by atoms with Gasteiger partial charge in [0.05, 0.1) is 24.9 Å².